The number of para-hydroxylation sites is 3. The summed E-state index contributed by atoms with van der Waals surface area (Å²) in [4.78, 5) is 14.3. The van der Waals surface area contributed by atoms with Gasteiger partial charge in [-0.05, 0) is 36.4 Å². The SMILES string of the molecule is CN(C(=O)CSc1nnc(COc2ccccc2F)n1-c1ccccc1)c1ccccc1. The van der Waals surface area contributed by atoms with Gasteiger partial charge in [0.1, 0.15) is 6.61 Å². The standard InChI is InChI=1S/C24H21FN4O2S/c1-28(18-10-4-2-5-11-18)23(30)17-32-24-27-26-22(29(24)19-12-6-3-7-13-19)16-31-21-15-9-8-14-20(21)25/h2-15H,16-17H2,1H3. The van der Waals surface area contributed by atoms with E-state index in [1.807, 2.05) is 65.2 Å². The quantitative estimate of drug-likeness (QED) is 0.365. The van der Waals surface area contributed by atoms with Gasteiger partial charge in [-0.15, -0.1) is 10.2 Å². The van der Waals surface area contributed by atoms with Crippen molar-refractivity contribution in [1.82, 2.24) is 14.8 Å². The van der Waals surface area contributed by atoms with Crippen LogP contribution >= 0.6 is 11.8 Å². The number of amides is 1. The molecule has 0 radical (unpaired) electrons. The molecule has 1 amide bonds. The fourth-order valence-corrected chi connectivity index (χ4v) is 3.93. The summed E-state index contributed by atoms with van der Waals surface area (Å²) >= 11 is 1.29. The first-order chi connectivity index (χ1) is 15.6. The van der Waals surface area contributed by atoms with Crippen LogP contribution in [-0.4, -0.2) is 33.5 Å². The van der Waals surface area contributed by atoms with E-state index in [0.717, 1.165) is 11.4 Å². The van der Waals surface area contributed by atoms with Crippen molar-refractivity contribution in [1.29, 1.82) is 0 Å². The van der Waals surface area contributed by atoms with Gasteiger partial charge in [0.15, 0.2) is 22.5 Å². The number of nitrogens with zero attached hydrogens (tertiary/aromatic N) is 4. The molecule has 0 aliphatic rings. The number of anilines is 1. The second-order valence-electron chi connectivity index (χ2n) is 6.87. The molecule has 0 saturated carbocycles. The molecule has 3 aromatic carbocycles. The zero-order valence-corrected chi connectivity index (χ0v) is 18.2. The van der Waals surface area contributed by atoms with E-state index in [4.69, 9.17) is 4.74 Å². The van der Waals surface area contributed by atoms with E-state index in [9.17, 15) is 9.18 Å². The number of aromatic nitrogens is 3. The first kappa shape index (κ1) is 21.6. The van der Waals surface area contributed by atoms with Crippen LogP contribution in [0.2, 0.25) is 0 Å². The predicted molar refractivity (Wildman–Crippen MR) is 123 cm³/mol. The molecule has 6 nitrogen and oxygen atoms in total. The zero-order valence-electron chi connectivity index (χ0n) is 17.4. The molecule has 162 valence electrons. The van der Waals surface area contributed by atoms with E-state index in [1.54, 1.807) is 30.1 Å². The minimum atomic E-state index is -0.442. The molecule has 0 aliphatic heterocycles. The Morgan fingerprint density at radius 2 is 1.62 bits per heavy atom. The average Bonchev–Trinajstić information content (AvgIpc) is 3.25. The van der Waals surface area contributed by atoms with E-state index in [0.29, 0.717) is 11.0 Å². The molecule has 0 N–H and O–H groups in total. The van der Waals surface area contributed by atoms with Crippen molar-refractivity contribution in [3.63, 3.8) is 0 Å². The maximum absolute atomic E-state index is 13.9. The van der Waals surface area contributed by atoms with Crippen LogP contribution < -0.4 is 9.64 Å². The number of hydrogen-bond donors (Lipinski definition) is 0. The smallest absolute Gasteiger partial charge is 0.237 e. The molecular weight excluding hydrogens is 427 g/mol. The number of carbonyl (C=O) groups excluding carboxylic acids is 1. The molecule has 0 bridgehead atoms. The zero-order chi connectivity index (χ0) is 22.3. The Morgan fingerprint density at radius 1 is 0.969 bits per heavy atom. The predicted octanol–water partition coefficient (Wildman–Crippen LogP) is 4.74. The van der Waals surface area contributed by atoms with Gasteiger partial charge >= 0.3 is 0 Å². The number of halogens is 1. The van der Waals surface area contributed by atoms with Crippen LogP contribution in [0.3, 0.4) is 0 Å². The molecule has 4 rings (SSSR count). The summed E-state index contributed by atoms with van der Waals surface area (Å²) in [6, 6.07) is 25.2. The number of hydrogen-bond acceptors (Lipinski definition) is 5. The van der Waals surface area contributed by atoms with Crippen molar-refractivity contribution in [2.45, 2.75) is 11.8 Å². The van der Waals surface area contributed by atoms with Gasteiger partial charge < -0.3 is 9.64 Å². The summed E-state index contributed by atoms with van der Waals surface area (Å²) in [5.41, 5.74) is 1.65. The van der Waals surface area contributed by atoms with E-state index in [2.05, 4.69) is 10.2 Å². The summed E-state index contributed by atoms with van der Waals surface area (Å²) in [5.74, 6) is 0.329. The minimum Gasteiger partial charge on any atom is -0.483 e. The van der Waals surface area contributed by atoms with Crippen molar-refractivity contribution < 1.29 is 13.9 Å². The largest absolute Gasteiger partial charge is 0.483 e. The second kappa shape index (κ2) is 10.1. The molecule has 4 aromatic rings. The average molecular weight is 449 g/mol. The van der Waals surface area contributed by atoms with Gasteiger partial charge in [-0.25, -0.2) is 4.39 Å². The lowest BCUT2D eigenvalue weighted by Gasteiger charge is -2.17. The summed E-state index contributed by atoms with van der Waals surface area (Å²) in [6.45, 7) is 0.0290. The molecule has 0 aliphatic carbocycles. The van der Waals surface area contributed by atoms with E-state index in [1.165, 1.54) is 17.8 Å². The van der Waals surface area contributed by atoms with Gasteiger partial charge in [-0.1, -0.05) is 60.3 Å². The Kier molecular flexibility index (Phi) is 6.81. The summed E-state index contributed by atoms with van der Waals surface area (Å²) < 4.78 is 21.4. The first-order valence-electron chi connectivity index (χ1n) is 9.95. The molecule has 0 saturated heterocycles. The third-order valence-corrected chi connectivity index (χ3v) is 5.66. The molecule has 8 heteroatoms. The van der Waals surface area contributed by atoms with Crippen LogP contribution in [-0.2, 0) is 11.4 Å². The van der Waals surface area contributed by atoms with Crippen LogP contribution in [0, 0.1) is 5.82 Å². The van der Waals surface area contributed by atoms with Gasteiger partial charge in [0, 0.05) is 18.4 Å². The molecule has 32 heavy (non-hydrogen) atoms. The lowest BCUT2D eigenvalue weighted by Crippen LogP contribution is -2.27. The highest BCUT2D eigenvalue weighted by atomic mass is 32.2. The van der Waals surface area contributed by atoms with Crippen molar-refractivity contribution in [3.05, 3.63) is 96.6 Å². The van der Waals surface area contributed by atoms with Gasteiger partial charge in [0.25, 0.3) is 0 Å². The van der Waals surface area contributed by atoms with Gasteiger partial charge in [0.05, 0.1) is 5.75 Å². The van der Waals surface area contributed by atoms with Crippen LogP contribution in [0.15, 0.2) is 90.1 Å². The second-order valence-corrected chi connectivity index (χ2v) is 7.81. The van der Waals surface area contributed by atoms with Crippen molar-refractivity contribution in [2.75, 3.05) is 17.7 Å². The van der Waals surface area contributed by atoms with Crippen LogP contribution in [0.5, 0.6) is 5.75 Å². The molecule has 1 heterocycles. The maximum Gasteiger partial charge on any atom is 0.237 e. The van der Waals surface area contributed by atoms with E-state index >= 15 is 0 Å². The monoisotopic (exact) mass is 448 g/mol. The van der Waals surface area contributed by atoms with Gasteiger partial charge in [-0.3, -0.25) is 9.36 Å². The summed E-state index contributed by atoms with van der Waals surface area (Å²) in [7, 11) is 1.74. The Hall–Kier alpha value is -3.65. The lowest BCUT2D eigenvalue weighted by atomic mass is 10.3. The van der Waals surface area contributed by atoms with Crippen LogP contribution in [0.4, 0.5) is 10.1 Å². The van der Waals surface area contributed by atoms with Gasteiger partial charge in [-0.2, -0.15) is 0 Å². The van der Waals surface area contributed by atoms with Crippen molar-refractivity contribution >= 4 is 23.4 Å². The molecule has 0 atom stereocenters. The van der Waals surface area contributed by atoms with Crippen molar-refractivity contribution in [2.24, 2.45) is 0 Å². The topological polar surface area (TPSA) is 60.3 Å². The third kappa shape index (κ3) is 4.97. The molecule has 0 spiro atoms. The number of rotatable bonds is 8. The number of thioether (sulfide) groups is 1. The van der Waals surface area contributed by atoms with E-state index < -0.39 is 5.82 Å². The summed E-state index contributed by atoms with van der Waals surface area (Å²) in [6.07, 6.45) is 0. The normalized spacial score (nSPS) is 10.7. The van der Waals surface area contributed by atoms with Crippen LogP contribution in [0.25, 0.3) is 5.69 Å². The number of ether oxygens (including phenoxy) is 1. The summed E-state index contributed by atoms with van der Waals surface area (Å²) in [5, 5.41) is 9.05. The lowest BCUT2D eigenvalue weighted by molar-refractivity contribution is -0.115. The molecular formula is C24H21FN4O2S. The molecule has 0 unspecified atom stereocenters. The van der Waals surface area contributed by atoms with Crippen molar-refractivity contribution in [3.8, 4) is 11.4 Å². The maximum atomic E-state index is 13.9. The minimum absolute atomic E-state index is 0.0290. The highest BCUT2D eigenvalue weighted by Gasteiger charge is 2.18. The Morgan fingerprint density at radius 3 is 2.34 bits per heavy atom. The van der Waals surface area contributed by atoms with E-state index in [-0.39, 0.29) is 24.0 Å². The fraction of sp³-hybridized carbons (Fsp3) is 0.125. The Labute approximate surface area is 189 Å². The number of carbonyl (C=O) groups is 1. The first-order valence-corrected chi connectivity index (χ1v) is 10.9. The van der Waals surface area contributed by atoms with Crippen LogP contribution in [0.1, 0.15) is 5.82 Å². The molecule has 1 aromatic heterocycles. The fourth-order valence-electron chi connectivity index (χ4n) is 3.05. The highest BCUT2D eigenvalue weighted by Crippen LogP contribution is 2.24. The number of benzene rings is 3. The Bertz CT molecular complexity index is 1190. The Balaban J connectivity index is 1.53. The highest BCUT2D eigenvalue weighted by molar-refractivity contribution is 7.99. The molecule has 0 fully saturated rings. The third-order valence-electron chi connectivity index (χ3n) is 4.75. The van der Waals surface area contributed by atoms with Gasteiger partial charge in [0.2, 0.25) is 5.91 Å².